The summed E-state index contributed by atoms with van der Waals surface area (Å²) in [7, 11) is -3.31. The molecule has 8 nitrogen and oxygen atoms in total. The second-order valence-electron chi connectivity index (χ2n) is 9.33. The fraction of sp³-hybridized carbons (Fsp3) is 0.333. The second kappa shape index (κ2) is 11.1. The van der Waals surface area contributed by atoms with Crippen molar-refractivity contribution in [1.29, 1.82) is 0 Å². The van der Waals surface area contributed by atoms with Crippen molar-refractivity contribution < 1.29 is 31.2 Å². The lowest BCUT2D eigenvalue weighted by atomic mass is 9.94. The number of aromatic nitrogens is 2. The molecule has 12 heteroatoms. The number of rotatable bonds is 8. The number of ketones is 1. The van der Waals surface area contributed by atoms with Gasteiger partial charge in [-0.15, -0.1) is 0 Å². The number of nitrogens with one attached hydrogen (secondary N) is 1. The first-order chi connectivity index (χ1) is 18.4. The Hall–Kier alpha value is -3.80. The van der Waals surface area contributed by atoms with E-state index in [9.17, 15) is 31.2 Å². The zero-order valence-corrected chi connectivity index (χ0v) is 22.1. The molecular weight excluding hydrogens is 533 g/mol. The highest BCUT2D eigenvalue weighted by Crippen LogP contribution is 2.36. The maximum Gasteiger partial charge on any atom is 0.416 e. The summed E-state index contributed by atoms with van der Waals surface area (Å²) in [4.78, 5) is 35.4. The molecule has 2 aromatic carbocycles. The summed E-state index contributed by atoms with van der Waals surface area (Å²) in [6, 6.07) is 10.6. The van der Waals surface area contributed by atoms with Crippen molar-refractivity contribution in [3.8, 4) is 0 Å². The van der Waals surface area contributed by atoms with Crippen LogP contribution in [-0.2, 0) is 27.4 Å². The fourth-order valence-electron chi connectivity index (χ4n) is 4.48. The highest BCUT2D eigenvalue weighted by Gasteiger charge is 2.38. The molecule has 0 spiro atoms. The van der Waals surface area contributed by atoms with Crippen molar-refractivity contribution in [2.24, 2.45) is 0 Å². The lowest BCUT2D eigenvalue weighted by Gasteiger charge is -2.22. The third-order valence-corrected chi connectivity index (χ3v) is 8.50. The van der Waals surface area contributed by atoms with Gasteiger partial charge in [0.2, 0.25) is 5.95 Å². The SMILES string of the molecule is CCS(=O)(=O)c1ccc(CNC(=O)c2cnc(N3CC(c4ccc(C(F)(F)F)cc4)C[C@H]3C(C)=O)nc2)cc1. The molecular formula is C27H27F3N4O4S. The number of sulfone groups is 1. The van der Waals surface area contributed by atoms with Crippen LogP contribution in [0.3, 0.4) is 0 Å². The molecule has 2 heterocycles. The molecule has 1 amide bonds. The van der Waals surface area contributed by atoms with E-state index in [1.807, 2.05) is 0 Å². The molecule has 0 radical (unpaired) electrons. The molecule has 1 N–H and O–H groups in total. The normalized spacial score (nSPS) is 17.7. The summed E-state index contributed by atoms with van der Waals surface area (Å²) < 4.78 is 62.6. The summed E-state index contributed by atoms with van der Waals surface area (Å²) in [5.41, 5.74) is 0.865. The molecule has 1 unspecified atom stereocenters. The van der Waals surface area contributed by atoms with Crippen LogP contribution in [-0.4, -0.2) is 48.4 Å². The van der Waals surface area contributed by atoms with E-state index < -0.39 is 33.5 Å². The number of amides is 1. The van der Waals surface area contributed by atoms with E-state index in [2.05, 4.69) is 15.3 Å². The lowest BCUT2D eigenvalue weighted by molar-refractivity contribution is -0.137. The number of benzene rings is 2. The van der Waals surface area contributed by atoms with E-state index in [4.69, 9.17) is 0 Å². The molecule has 1 fully saturated rings. The molecule has 4 rings (SSSR count). The number of carbonyl (C=O) groups excluding carboxylic acids is 2. The topological polar surface area (TPSA) is 109 Å². The first-order valence-corrected chi connectivity index (χ1v) is 13.9. The molecule has 0 aliphatic carbocycles. The Kier molecular flexibility index (Phi) is 8.05. The van der Waals surface area contributed by atoms with Crippen LogP contribution in [0.1, 0.15) is 53.2 Å². The predicted molar refractivity (Wildman–Crippen MR) is 138 cm³/mol. The summed E-state index contributed by atoms with van der Waals surface area (Å²) in [6.45, 7) is 3.52. The lowest BCUT2D eigenvalue weighted by Crippen LogP contribution is -2.36. The van der Waals surface area contributed by atoms with Crippen LogP contribution in [0, 0.1) is 0 Å². The molecule has 206 valence electrons. The van der Waals surface area contributed by atoms with Gasteiger partial charge < -0.3 is 10.2 Å². The van der Waals surface area contributed by atoms with Crippen LogP contribution in [0.2, 0.25) is 0 Å². The number of nitrogens with zero attached hydrogens (tertiary/aromatic N) is 3. The van der Waals surface area contributed by atoms with Gasteiger partial charge in [0.15, 0.2) is 15.6 Å². The number of anilines is 1. The standard InChI is InChI=1S/C27H27F3N4O4S/c1-3-39(37,38)23-10-4-18(5-11-23)13-31-25(36)21-14-32-26(33-15-21)34-16-20(12-24(34)17(2)35)19-6-8-22(9-7-19)27(28,29)30/h4-11,14-15,20,24H,3,12-13,16H2,1-2H3,(H,31,36)/t20?,24-/m0/s1. The summed E-state index contributed by atoms with van der Waals surface area (Å²) in [5.74, 6) is -0.494. The van der Waals surface area contributed by atoms with E-state index in [0.717, 1.165) is 12.1 Å². The van der Waals surface area contributed by atoms with E-state index in [1.165, 1.54) is 43.6 Å². The molecule has 39 heavy (non-hydrogen) atoms. The maximum absolute atomic E-state index is 12.9. The van der Waals surface area contributed by atoms with Crippen LogP contribution in [0.5, 0.6) is 0 Å². The molecule has 0 bridgehead atoms. The van der Waals surface area contributed by atoms with Crippen LogP contribution in [0.4, 0.5) is 19.1 Å². The van der Waals surface area contributed by atoms with E-state index in [0.29, 0.717) is 24.1 Å². The highest BCUT2D eigenvalue weighted by molar-refractivity contribution is 7.91. The van der Waals surface area contributed by atoms with Crippen molar-refractivity contribution in [1.82, 2.24) is 15.3 Å². The number of carbonyl (C=O) groups is 2. The molecule has 2 atom stereocenters. The van der Waals surface area contributed by atoms with Crippen molar-refractivity contribution in [2.75, 3.05) is 17.2 Å². The fourth-order valence-corrected chi connectivity index (χ4v) is 5.36. The minimum atomic E-state index is -4.42. The van der Waals surface area contributed by atoms with Gasteiger partial charge in [0.1, 0.15) is 0 Å². The molecule has 1 aliphatic rings. The minimum Gasteiger partial charge on any atom is -0.348 e. The Morgan fingerprint density at radius 1 is 1.03 bits per heavy atom. The summed E-state index contributed by atoms with van der Waals surface area (Å²) >= 11 is 0. The summed E-state index contributed by atoms with van der Waals surface area (Å²) in [6.07, 6.45) is -1.33. The van der Waals surface area contributed by atoms with Crippen LogP contribution < -0.4 is 10.2 Å². The van der Waals surface area contributed by atoms with Gasteiger partial charge in [0.05, 0.1) is 27.8 Å². The van der Waals surface area contributed by atoms with Gasteiger partial charge in [0.25, 0.3) is 5.91 Å². The third-order valence-electron chi connectivity index (χ3n) is 6.75. The average molecular weight is 561 g/mol. The quantitative estimate of drug-likeness (QED) is 0.441. The van der Waals surface area contributed by atoms with Crippen LogP contribution >= 0.6 is 0 Å². The zero-order chi connectivity index (χ0) is 28.4. The number of Topliss-reactive ketones (excluding diaryl/α,β-unsaturated/α-hetero) is 1. The van der Waals surface area contributed by atoms with Gasteiger partial charge in [-0.05, 0) is 48.7 Å². The predicted octanol–water partition coefficient (Wildman–Crippen LogP) is 4.17. The first-order valence-electron chi connectivity index (χ1n) is 12.2. The average Bonchev–Trinajstić information content (AvgIpc) is 3.38. The van der Waals surface area contributed by atoms with E-state index in [-0.39, 0.29) is 40.4 Å². The van der Waals surface area contributed by atoms with Crippen molar-refractivity contribution in [3.05, 3.63) is 83.2 Å². The molecule has 1 saturated heterocycles. The zero-order valence-electron chi connectivity index (χ0n) is 21.3. The second-order valence-corrected chi connectivity index (χ2v) is 11.6. The number of hydrogen-bond donors (Lipinski definition) is 1. The largest absolute Gasteiger partial charge is 0.416 e. The highest BCUT2D eigenvalue weighted by atomic mass is 32.2. The van der Waals surface area contributed by atoms with Gasteiger partial charge in [-0.2, -0.15) is 13.2 Å². The van der Waals surface area contributed by atoms with Crippen molar-refractivity contribution in [2.45, 2.75) is 49.8 Å². The minimum absolute atomic E-state index is 0.000614. The van der Waals surface area contributed by atoms with E-state index >= 15 is 0 Å². The van der Waals surface area contributed by atoms with E-state index in [1.54, 1.807) is 24.0 Å². The smallest absolute Gasteiger partial charge is 0.348 e. The van der Waals surface area contributed by atoms with Crippen LogP contribution in [0.25, 0.3) is 0 Å². The number of halogens is 3. The first kappa shape index (κ1) is 28.2. The Bertz CT molecular complexity index is 1440. The van der Waals surface area contributed by atoms with Gasteiger partial charge in [0, 0.05) is 31.4 Å². The van der Waals surface area contributed by atoms with Crippen molar-refractivity contribution >= 4 is 27.5 Å². The number of hydrogen-bond acceptors (Lipinski definition) is 7. The Balaban J connectivity index is 1.41. The third kappa shape index (κ3) is 6.44. The van der Waals surface area contributed by atoms with Gasteiger partial charge in [-0.3, -0.25) is 9.59 Å². The summed E-state index contributed by atoms with van der Waals surface area (Å²) in [5, 5.41) is 2.73. The Morgan fingerprint density at radius 3 is 2.18 bits per heavy atom. The number of alkyl halides is 3. The molecule has 1 aliphatic heterocycles. The van der Waals surface area contributed by atoms with Gasteiger partial charge in [-0.25, -0.2) is 18.4 Å². The van der Waals surface area contributed by atoms with Crippen LogP contribution in [0.15, 0.2) is 65.8 Å². The monoisotopic (exact) mass is 560 g/mol. The van der Waals surface area contributed by atoms with Crippen molar-refractivity contribution in [3.63, 3.8) is 0 Å². The van der Waals surface area contributed by atoms with Gasteiger partial charge in [-0.1, -0.05) is 31.2 Å². The molecule has 1 aromatic heterocycles. The Morgan fingerprint density at radius 2 is 1.64 bits per heavy atom. The maximum atomic E-state index is 12.9. The Labute approximate surface area is 224 Å². The molecule has 3 aromatic rings. The molecule has 0 saturated carbocycles. The van der Waals surface area contributed by atoms with Gasteiger partial charge >= 0.3 is 6.18 Å².